The topological polar surface area (TPSA) is 51.2 Å². The van der Waals surface area contributed by atoms with Crippen LogP contribution in [0.15, 0.2) is 67.0 Å². The van der Waals surface area contributed by atoms with E-state index in [1.54, 1.807) is 31.5 Å². The molecule has 3 aromatic rings. The Kier molecular flexibility index (Phi) is 5.04. The summed E-state index contributed by atoms with van der Waals surface area (Å²) >= 11 is 0. The van der Waals surface area contributed by atoms with Crippen LogP contribution in [0.1, 0.15) is 15.9 Å². The molecule has 0 aliphatic rings. The van der Waals surface area contributed by atoms with Gasteiger partial charge in [-0.1, -0.05) is 24.3 Å². The van der Waals surface area contributed by atoms with E-state index in [-0.39, 0.29) is 11.7 Å². The van der Waals surface area contributed by atoms with Crippen molar-refractivity contribution in [2.75, 3.05) is 7.11 Å². The first-order valence-electron chi connectivity index (χ1n) is 7.78. The molecule has 0 saturated carbocycles. The summed E-state index contributed by atoms with van der Waals surface area (Å²) in [6.07, 6.45) is 3.22. The fourth-order valence-electron chi connectivity index (χ4n) is 2.41. The number of nitrogens with zero attached hydrogens (tertiary/aromatic N) is 1. The highest BCUT2D eigenvalue weighted by Crippen LogP contribution is 2.23. The van der Waals surface area contributed by atoms with Crippen LogP contribution in [0, 0.1) is 5.82 Å². The number of pyridine rings is 1. The van der Waals surface area contributed by atoms with Crippen molar-refractivity contribution >= 4 is 5.91 Å². The van der Waals surface area contributed by atoms with Crippen molar-refractivity contribution in [3.05, 3.63) is 83.9 Å². The first kappa shape index (κ1) is 16.6. The molecule has 126 valence electrons. The van der Waals surface area contributed by atoms with Gasteiger partial charge in [0.05, 0.1) is 12.7 Å². The Hall–Kier alpha value is -3.21. The zero-order valence-corrected chi connectivity index (χ0v) is 13.7. The minimum Gasteiger partial charge on any atom is -0.497 e. The molecular formula is C20H17FN2O2. The number of rotatable bonds is 5. The molecule has 0 radical (unpaired) electrons. The lowest BCUT2D eigenvalue weighted by molar-refractivity contribution is 0.0950. The lowest BCUT2D eigenvalue weighted by Gasteiger charge is -2.08. The number of aromatic nitrogens is 1. The molecule has 25 heavy (non-hydrogen) atoms. The van der Waals surface area contributed by atoms with Crippen molar-refractivity contribution in [1.29, 1.82) is 0 Å². The van der Waals surface area contributed by atoms with E-state index in [0.717, 1.165) is 22.4 Å². The fraction of sp³-hybridized carbons (Fsp3) is 0.100. The predicted molar refractivity (Wildman–Crippen MR) is 93.8 cm³/mol. The number of benzene rings is 2. The second kappa shape index (κ2) is 7.57. The van der Waals surface area contributed by atoms with Gasteiger partial charge >= 0.3 is 0 Å². The standard InChI is InChI=1S/C20H17FN2O2/c1-25-19-4-2-3-15(10-19)16-9-17(13-22-12-16)20(24)23-11-14-5-7-18(21)8-6-14/h2-10,12-13H,11H2,1H3,(H,23,24). The second-order valence-electron chi connectivity index (χ2n) is 5.50. The Morgan fingerprint density at radius 1 is 1.08 bits per heavy atom. The number of amides is 1. The van der Waals surface area contributed by atoms with E-state index < -0.39 is 0 Å². The number of carbonyl (C=O) groups is 1. The lowest BCUT2D eigenvalue weighted by Crippen LogP contribution is -2.22. The Labute approximate surface area is 145 Å². The summed E-state index contributed by atoms with van der Waals surface area (Å²) < 4.78 is 18.1. The Balaban J connectivity index is 1.74. The van der Waals surface area contributed by atoms with Gasteiger partial charge < -0.3 is 10.1 Å². The van der Waals surface area contributed by atoms with Gasteiger partial charge in [0.1, 0.15) is 11.6 Å². The molecule has 1 aromatic heterocycles. The third-order valence-electron chi connectivity index (χ3n) is 3.77. The van der Waals surface area contributed by atoms with Gasteiger partial charge in [0.25, 0.3) is 5.91 Å². The predicted octanol–water partition coefficient (Wildman–Crippen LogP) is 3.83. The van der Waals surface area contributed by atoms with E-state index >= 15 is 0 Å². The molecule has 0 aliphatic carbocycles. The molecule has 4 nitrogen and oxygen atoms in total. The molecule has 1 N–H and O–H groups in total. The molecule has 0 unspecified atom stereocenters. The second-order valence-corrected chi connectivity index (χ2v) is 5.50. The van der Waals surface area contributed by atoms with Crippen molar-refractivity contribution in [3.63, 3.8) is 0 Å². The summed E-state index contributed by atoms with van der Waals surface area (Å²) in [6, 6.07) is 15.4. The quantitative estimate of drug-likeness (QED) is 0.770. The van der Waals surface area contributed by atoms with E-state index in [0.29, 0.717) is 12.1 Å². The van der Waals surface area contributed by atoms with E-state index in [4.69, 9.17) is 4.74 Å². The number of hydrogen-bond acceptors (Lipinski definition) is 3. The third kappa shape index (κ3) is 4.20. The number of hydrogen-bond donors (Lipinski definition) is 1. The average molecular weight is 336 g/mol. The van der Waals surface area contributed by atoms with E-state index in [1.165, 1.54) is 18.3 Å². The van der Waals surface area contributed by atoms with Crippen molar-refractivity contribution < 1.29 is 13.9 Å². The number of halogens is 1. The van der Waals surface area contributed by atoms with Gasteiger partial charge in [-0.15, -0.1) is 0 Å². The zero-order valence-electron chi connectivity index (χ0n) is 13.7. The minimum atomic E-state index is -0.301. The normalized spacial score (nSPS) is 10.3. The maximum Gasteiger partial charge on any atom is 0.253 e. The molecule has 0 spiro atoms. The minimum absolute atomic E-state index is 0.235. The smallest absolute Gasteiger partial charge is 0.253 e. The average Bonchev–Trinajstić information content (AvgIpc) is 2.67. The number of ether oxygens (including phenoxy) is 1. The summed E-state index contributed by atoms with van der Waals surface area (Å²) in [4.78, 5) is 16.5. The highest BCUT2D eigenvalue weighted by molar-refractivity contribution is 5.95. The van der Waals surface area contributed by atoms with E-state index in [2.05, 4.69) is 10.3 Å². The molecule has 0 aliphatic heterocycles. The Bertz CT molecular complexity index is 879. The highest BCUT2D eigenvalue weighted by Gasteiger charge is 2.08. The van der Waals surface area contributed by atoms with Crippen LogP contribution in [0.5, 0.6) is 5.75 Å². The van der Waals surface area contributed by atoms with Gasteiger partial charge in [-0.3, -0.25) is 9.78 Å². The number of nitrogens with one attached hydrogen (secondary N) is 1. The summed E-state index contributed by atoms with van der Waals surface area (Å²) in [7, 11) is 1.61. The summed E-state index contributed by atoms with van der Waals surface area (Å²) in [6.45, 7) is 0.322. The molecule has 3 rings (SSSR count). The van der Waals surface area contributed by atoms with Crippen LogP contribution < -0.4 is 10.1 Å². The van der Waals surface area contributed by atoms with Crippen molar-refractivity contribution in [2.24, 2.45) is 0 Å². The largest absolute Gasteiger partial charge is 0.497 e. The van der Waals surface area contributed by atoms with E-state index in [1.807, 2.05) is 24.3 Å². The van der Waals surface area contributed by atoms with Gasteiger partial charge in [-0.2, -0.15) is 0 Å². The monoisotopic (exact) mass is 336 g/mol. The van der Waals surface area contributed by atoms with Gasteiger partial charge in [0, 0.05) is 24.5 Å². The molecule has 0 saturated heterocycles. The van der Waals surface area contributed by atoms with Crippen LogP contribution in [0.2, 0.25) is 0 Å². The fourth-order valence-corrected chi connectivity index (χ4v) is 2.41. The summed E-state index contributed by atoms with van der Waals surface area (Å²) in [5.41, 5.74) is 3.03. The summed E-state index contributed by atoms with van der Waals surface area (Å²) in [5.74, 6) is 0.204. The molecular weight excluding hydrogens is 319 g/mol. The first-order chi connectivity index (χ1) is 12.2. The van der Waals surface area contributed by atoms with Crippen molar-refractivity contribution in [2.45, 2.75) is 6.54 Å². The lowest BCUT2D eigenvalue weighted by atomic mass is 10.1. The first-order valence-corrected chi connectivity index (χ1v) is 7.78. The molecule has 1 heterocycles. The molecule has 0 fully saturated rings. The van der Waals surface area contributed by atoms with Gasteiger partial charge in [-0.25, -0.2) is 4.39 Å². The number of methoxy groups -OCH3 is 1. The van der Waals surface area contributed by atoms with Crippen molar-refractivity contribution in [3.8, 4) is 16.9 Å². The van der Waals surface area contributed by atoms with Crippen LogP contribution >= 0.6 is 0 Å². The maximum absolute atomic E-state index is 12.9. The SMILES string of the molecule is COc1cccc(-c2cncc(C(=O)NCc3ccc(F)cc3)c2)c1. The van der Waals surface area contributed by atoms with Gasteiger partial charge in [0.15, 0.2) is 0 Å². The van der Waals surface area contributed by atoms with Crippen LogP contribution in [0.25, 0.3) is 11.1 Å². The number of carbonyl (C=O) groups excluding carboxylic acids is 1. The Morgan fingerprint density at radius 3 is 2.64 bits per heavy atom. The third-order valence-corrected chi connectivity index (χ3v) is 3.77. The molecule has 0 bridgehead atoms. The van der Waals surface area contributed by atoms with Crippen LogP contribution in [0.3, 0.4) is 0 Å². The maximum atomic E-state index is 12.9. The molecule has 2 aromatic carbocycles. The molecule has 0 atom stereocenters. The molecule has 1 amide bonds. The van der Waals surface area contributed by atoms with Crippen LogP contribution in [-0.2, 0) is 6.54 Å². The van der Waals surface area contributed by atoms with E-state index in [9.17, 15) is 9.18 Å². The van der Waals surface area contributed by atoms with Crippen LogP contribution in [0.4, 0.5) is 4.39 Å². The van der Waals surface area contributed by atoms with Crippen molar-refractivity contribution in [1.82, 2.24) is 10.3 Å². The summed E-state index contributed by atoms with van der Waals surface area (Å²) in [5, 5.41) is 2.81. The highest BCUT2D eigenvalue weighted by atomic mass is 19.1. The Morgan fingerprint density at radius 2 is 1.88 bits per heavy atom. The molecule has 5 heteroatoms. The van der Waals surface area contributed by atoms with Gasteiger partial charge in [-0.05, 0) is 41.5 Å². The van der Waals surface area contributed by atoms with Gasteiger partial charge in [0.2, 0.25) is 0 Å². The zero-order chi connectivity index (χ0) is 17.6. The van der Waals surface area contributed by atoms with Crippen LogP contribution in [-0.4, -0.2) is 18.0 Å².